The third kappa shape index (κ3) is 3.34. The van der Waals surface area contributed by atoms with Gasteiger partial charge in [-0.1, -0.05) is 12.1 Å². The smallest absolute Gasteiger partial charge is 0.269 e. The van der Waals surface area contributed by atoms with Crippen LogP contribution in [0, 0.1) is 15.9 Å². The van der Waals surface area contributed by atoms with Crippen molar-refractivity contribution in [3.63, 3.8) is 0 Å². The van der Waals surface area contributed by atoms with Crippen molar-refractivity contribution >= 4 is 21.2 Å². The highest BCUT2D eigenvalue weighted by atomic mass is 32.2. The highest BCUT2D eigenvalue weighted by Crippen LogP contribution is 2.24. The van der Waals surface area contributed by atoms with Crippen molar-refractivity contribution in [1.82, 2.24) is 0 Å². The van der Waals surface area contributed by atoms with E-state index in [0.717, 1.165) is 24.3 Å². The first-order valence-corrected chi connectivity index (χ1v) is 7.46. The molecule has 0 fully saturated rings. The molecule has 0 atom stereocenters. The predicted molar refractivity (Wildman–Crippen MR) is 74.8 cm³/mol. The molecule has 0 bridgehead atoms. The molecule has 0 amide bonds. The fourth-order valence-electron chi connectivity index (χ4n) is 1.83. The summed E-state index contributed by atoms with van der Waals surface area (Å²) in [5.74, 6) is -1.22. The molecule has 0 aliphatic heterocycles. The fraction of sp³-hybridized carbons (Fsp3) is 0.0769. The van der Waals surface area contributed by atoms with Crippen molar-refractivity contribution < 1.29 is 17.7 Å². The first-order chi connectivity index (χ1) is 9.79. The second-order valence-electron chi connectivity index (χ2n) is 4.37. The van der Waals surface area contributed by atoms with Gasteiger partial charge in [0.1, 0.15) is 5.82 Å². The van der Waals surface area contributed by atoms with Gasteiger partial charge in [0.05, 0.1) is 21.3 Å². The second kappa shape index (κ2) is 5.49. The van der Waals surface area contributed by atoms with Crippen LogP contribution in [0.1, 0.15) is 5.56 Å². The maximum Gasteiger partial charge on any atom is 0.269 e. The van der Waals surface area contributed by atoms with Gasteiger partial charge in [0, 0.05) is 12.1 Å². The van der Waals surface area contributed by atoms with Gasteiger partial charge in [-0.2, -0.15) is 0 Å². The minimum Gasteiger partial charge on any atom is -0.398 e. The van der Waals surface area contributed by atoms with Gasteiger partial charge in [0.25, 0.3) is 5.69 Å². The summed E-state index contributed by atoms with van der Waals surface area (Å²) in [4.78, 5) is 9.73. The SMILES string of the molecule is Nc1ccc(F)cc1S(=O)(=O)Cc1cccc([N+](=O)[O-])c1. The first-order valence-electron chi connectivity index (χ1n) is 5.81. The predicted octanol–water partition coefficient (Wildman–Crippen LogP) is 2.29. The normalized spacial score (nSPS) is 11.3. The van der Waals surface area contributed by atoms with E-state index in [4.69, 9.17) is 5.73 Å². The Morgan fingerprint density at radius 2 is 1.90 bits per heavy atom. The Hall–Kier alpha value is -2.48. The standard InChI is InChI=1S/C13H11FN2O4S/c14-10-4-5-12(15)13(7-10)21(19,20)8-9-2-1-3-11(6-9)16(17)18/h1-7H,8,15H2. The number of rotatable bonds is 4. The van der Waals surface area contributed by atoms with E-state index in [1.807, 2.05) is 0 Å². The Kier molecular flexibility index (Phi) is 3.90. The number of benzene rings is 2. The Morgan fingerprint density at radius 1 is 1.19 bits per heavy atom. The third-order valence-electron chi connectivity index (χ3n) is 2.79. The number of anilines is 1. The van der Waals surface area contributed by atoms with E-state index in [1.54, 1.807) is 0 Å². The maximum atomic E-state index is 13.2. The minimum absolute atomic E-state index is 0.0677. The van der Waals surface area contributed by atoms with E-state index in [2.05, 4.69) is 0 Å². The number of hydrogen-bond acceptors (Lipinski definition) is 5. The number of hydrogen-bond donors (Lipinski definition) is 1. The van der Waals surface area contributed by atoms with Crippen molar-refractivity contribution in [2.45, 2.75) is 10.6 Å². The molecule has 0 aliphatic rings. The Morgan fingerprint density at radius 3 is 2.57 bits per heavy atom. The molecule has 21 heavy (non-hydrogen) atoms. The van der Waals surface area contributed by atoms with Gasteiger partial charge in [-0.05, 0) is 23.8 Å². The quantitative estimate of drug-likeness (QED) is 0.530. The average Bonchev–Trinajstić information content (AvgIpc) is 2.41. The Balaban J connectivity index is 2.40. The largest absolute Gasteiger partial charge is 0.398 e. The highest BCUT2D eigenvalue weighted by Gasteiger charge is 2.20. The molecule has 0 unspecified atom stereocenters. The molecule has 8 heteroatoms. The fourth-order valence-corrected chi connectivity index (χ4v) is 3.33. The molecule has 0 saturated carbocycles. The van der Waals surface area contributed by atoms with E-state index in [0.29, 0.717) is 0 Å². The lowest BCUT2D eigenvalue weighted by Gasteiger charge is -2.07. The molecule has 2 aromatic rings. The van der Waals surface area contributed by atoms with Gasteiger partial charge in [-0.15, -0.1) is 0 Å². The molecule has 2 rings (SSSR count). The van der Waals surface area contributed by atoms with Crippen molar-refractivity contribution in [3.05, 3.63) is 64.0 Å². The summed E-state index contributed by atoms with van der Waals surface area (Å²) in [7, 11) is -3.90. The average molecular weight is 310 g/mol. The number of non-ortho nitro benzene ring substituents is 1. The van der Waals surface area contributed by atoms with E-state index in [-0.39, 0.29) is 21.8 Å². The number of sulfone groups is 1. The zero-order valence-corrected chi connectivity index (χ0v) is 11.5. The monoisotopic (exact) mass is 310 g/mol. The van der Waals surface area contributed by atoms with Crippen LogP contribution < -0.4 is 5.73 Å². The molecule has 6 nitrogen and oxygen atoms in total. The Labute approximate surface area is 120 Å². The van der Waals surface area contributed by atoms with Gasteiger partial charge in [0.2, 0.25) is 0 Å². The summed E-state index contributed by atoms with van der Waals surface area (Å²) < 4.78 is 37.7. The minimum atomic E-state index is -3.90. The topological polar surface area (TPSA) is 103 Å². The zero-order valence-electron chi connectivity index (χ0n) is 10.7. The van der Waals surface area contributed by atoms with Gasteiger partial charge >= 0.3 is 0 Å². The van der Waals surface area contributed by atoms with Crippen LogP contribution in [0.3, 0.4) is 0 Å². The molecule has 110 valence electrons. The third-order valence-corrected chi connectivity index (χ3v) is 4.53. The molecule has 0 spiro atoms. The van der Waals surface area contributed by atoms with Crippen LogP contribution in [-0.2, 0) is 15.6 Å². The highest BCUT2D eigenvalue weighted by molar-refractivity contribution is 7.90. The number of nitrogens with two attached hydrogens (primary N) is 1. The summed E-state index contributed by atoms with van der Waals surface area (Å²) in [6, 6.07) is 8.30. The number of nitrogen functional groups attached to an aromatic ring is 1. The van der Waals surface area contributed by atoms with E-state index in [1.165, 1.54) is 18.2 Å². The molecular formula is C13H11FN2O4S. The van der Waals surface area contributed by atoms with Crippen molar-refractivity contribution in [1.29, 1.82) is 0 Å². The maximum absolute atomic E-state index is 13.2. The van der Waals surface area contributed by atoms with Gasteiger partial charge in [-0.25, -0.2) is 12.8 Å². The lowest BCUT2D eigenvalue weighted by atomic mass is 10.2. The lowest BCUT2D eigenvalue weighted by Crippen LogP contribution is -2.08. The summed E-state index contributed by atoms with van der Waals surface area (Å²) in [6.45, 7) is 0. The number of nitrogens with zero attached hydrogens (tertiary/aromatic N) is 1. The molecule has 0 heterocycles. The van der Waals surface area contributed by atoms with Gasteiger partial charge in [-0.3, -0.25) is 10.1 Å². The Bertz CT molecular complexity index is 806. The van der Waals surface area contributed by atoms with Crippen LogP contribution in [0.5, 0.6) is 0 Å². The van der Waals surface area contributed by atoms with Crippen molar-refractivity contribution in [2.24, 2.45) is 0 Å². The van der Waals surface area contributed by atoms with E-state index >= 15 is 0 Å². The summed E-state index contributed by atoms with van der Waals surface area (Å²) in [5.41, 5.74) is 5.50. The molecule has 0 aromatic heterocycles. The molecule has 2 aromatic carbocycles. The molecule has 0 saturated heterocycles. The number of halogens is 1. The first kappa shape index (κ1) is 14.9. The van der Waals surface area contributed by atoms with E-state index < -0.39 is 26.3 Å². The number of nitro groups is 1. The van der Waals surface area contributed by atoms with Crippen LogP contribution in [0.25, 0.3) is 0 Å². The van der Waals surface area contributed by atoms with Crippen LogP contribution in [0.4, 0.5) is 15.8 Å². The molecule has 0 aliphatic carbocycles. The van der Waals surface area contributed by atoms with Crippen LogP contribution in [0.15, 0.2) is 47.4 Å². The van der Waals surface area contributed by atoms with Crippen molar-refractivity contribution in [3.8, 4) is 0 Å². The van der Waals surface area contributed by atoms with Crippen LogP contribution in [0.2, 0.25) is 0 Å². The summed E-state index contributed by atoms with van der Waals surface area (Å²) in [6.07, 6.45) is 0. The lowest BCUT2D eigenvalue weighted by molar-refractivity contribution is -0.384. The second-order valence-corrected chi connectivity index (χ2v) is 6.33. The molecule has 2 N–H and O–H groups in total. The van der Waals surface area contributed by atoms with Gasteiger partial charge < -0.3 is 5.73 Å². The zero-order chi connectivity index (χ0) is 15.6. The van der Waals surface area contributed by atoms with Gasteiger partial charge in [0.15, 0.2) is 9.84 Å². The molecule has 0 radical (unpaired) electrons. The van der Waals surface area contributed by atoms with Crippen LogP contribution in [-0.4, -0.2) is 13.3 Å². The summed E-state index contributed by atoms with van der Waals surface area (Å²) >= 11 is 0. The summed E-state index contributed by atoms with van der Waals surface area (Å²) in [5, 5.41) is 10.7. The molecular weight excluding hydrogens is 299 g/mol. The van der Waals surface area contributed by atoms with E-state index in [9.17, 15) is 22.9 Å². The van der Waals surface area contributed by atoms with Crippen LogP contribution >= 0.6 is 0 Å². The number of nitro benzene ring substituents is 1. The van der Waals surface area contributed by atoms with Crippen molar-refractivity contribution in [2.75, 3.05) is 5.73 Å².